The van der Waals surface area contributed by atoms with E-state index in [4.69, 9.17) is 0 Å². The van der Waals surface area contributed by atoms with Crippen LogP contribution in [-0.4, -0.2) is 13.0 Å². The zero-order valence-corrected chi connectivity index (χ0v) is 18.8. The van der Waals surface area contributed by atoms with Gasteiger partial charge in [-0.05, 0) is 30.0 Å². The molecule has 0 N–H and O–H groups in total. The molecule has 0 bridgehead atoms. The lowest BCUT2D eigenvalue weighted by atomic mass is 9.93. The van der Waals surface area contributed by atoms with Crippen molar-refractivity contribution in [3.8, 4) is 0 Å². The molecule has 0 aliphatic heterocycles. The number of aromatic nitrogens is 1. The molecule has 1 aromatic heterocycles. The molecule has 6 heteroatoms. The maximum atomic E-state index is 12.8. The van der Waals surface area contributed by atoms with Crippen molar-refractivity contribution in [1.29, 1.82) is 0 Å². The van der Waals surface area contributed by atoms with E-state index in [0.717, 1.165) is 16.1 Å². The van der Waals surface area contributed by atoms with Crippen molar-refractivity contribution in [3.05, 3.63) is 87.7 Å². The van der Waals surface area contributed by atoms with Gasteiger partial charge in [-0.25, -0.2) is 0 Å². The molecule has 0 saturated carbocycles. The number of rotatable bonds is 5. The maximum Gasteiger partial charge on any atom is 0.285 e. The van der Waals surface area contributed by atoms with Gasteiger partial charge in [0, 0.05) is 17.1 Å². The lowest BCUT2D eigenvalue weighted by Crippen LogP contribution is -2.18. The first-order chi connectivity index (χ1) is 13.7. The third-order valence-corrected chi connectivity index (χ3v) is 7.48. The first-order valence-corrected chi connectivity index (χ1v) is 11.7. The van der Waals surface area contributed by atoms with Crippen LogP contribution in [0.2, 0.25) is 0 Å². The van der Waals surface area contributed by atoms with Crippen LogP contribution in [0.1, 0.15) is 36.9 Å². The number of hydrogen-bond acceptors (Lipinski definition) is 3. The van der Waals surface area contributed by atoms with E-state index in [0.29, 0.717) is 11.3 Å². The van der Waals surface area contributed by atoms with E-state index in [-0.39, 0.29) is 10.3 Å². The number of allylic oxidation sites excluding steroid dienone is 1. The molecule has 1 heterocycles. The summed E-state index contributed by atoms with van der Waals surface area (Å²) in [6.45, 7) is 8.97. The van der Waals surface area contributed by atoms with Crippen molar-refractivity contribution in [3.63, 3.8) is 0 Å². The molecule has 4 nitrogen and oxygen atoms in total. The first-order valence-electron chi connectivity index (χ1n) is 9.47. The zero-order chi connectivity index (χ0) is 21.1. The summed E-state index contributed by atoms with van der Waals surface area (Å²) in [5, 5.41) is 0. The molecule has 0 unspecified atom stereocenters. The Balaban J connectivity index is 2.07. The van der Waals surface area contributed by atoms with Crippen LogP contribution in [0.25, 0.3) is 6.08 Å². The third-order valence-electron chi connectivity index (χ3n) is 4.48. The zero-order valence-electron chi connectivity index (χ0n) is 17.2. The van der Waals surface area contributed by atoms with Crippen LogP contribution in [0.5, 0.6) is 0 Å². The SMILES string of the molecule is Cc1c(C(C)(C)C)s/c(=N\S(=O)(=O)c2ccccc2)n1C/C=C/c1ccccc1. The Morgan fingerprint density at radius 3 is 2.17 bits per heavy atom. The van der Waals surface area contributed by atoms with E-state index in [1.807, 2.05) is 54.0 Å². The summed E-state index contributed by atoms with van der Waals surface area (Å²) >= 11 is 1.44. The topological polar surface area (TPSA) is 51.4 Å². The Kier molecular flexibility index (Phi) is 6.24. The van der Waals surface area contributed by atoms with E-state index in [2.05, 4.69) is 25.2 Å². The second kappa shape index (κ2) is 8.51. The molecule has 3 rings (SSSR count). The molecular weight excluding hydrogens is 400 g/mol. The van der Waals surface area contributed by atoms with E-state index in [1.54, 1.807) is 30.3 Å². The molecule has 3 aromatic rings. The van der Waals surface area contributed by atoms with Gasteiger partial charge in [-0.15, -0.1) is 15.7 Å². The van der Waals surface area contributed by atoms with Crippen LogP contribution < -0.4 is 4.80 Å². The lowest BCUT2D eigenvalue weighted by molar-refractivity contribution is 0.589. The molecule has 0 aliphatic carbocycles. The summed E-state index contributed by atoms with van der Waals surface area (Å²) in [5.41, 5.74) is 2.05. The average Bonchev–Trinajstić information content (AvgIpc) is 2.99. The average molecular weight is 427 g/mol. The highest BCUT2D eigenvalue weighted by Gasteiger charge is 2.23. The Morgan fingerprint density at radius 1 is 1.00 bits per heavy atom. The highest BCUT2D eigenvalue weighted by Crippen LogP contribution is 2.28. The largest absolute Gasteiger partial charge is 0.316 e. The fourth-order valence-electron chi connectivity index (χ4n) is 3.07. The maximum absolute atomic E-state index is 12.8. The normalized spacial score (nSPS) is 13.3. The number of nitrogens with zero attached hydrogens (tertiary/aromatic N) is 2. The second-order valence-electron chi connectivity index (χ2n) is 7.85. The van der Waals surface area contributed by atoms with Gasteiger partial charge in [0.05, 0.1) is 4.90 Å². The van der Waals surface area contributed by atoms with Gasteiger partial charge in [0.2, 0.25) is 4.80 Å². The molecule has 152 valence electrons. The monoisotopic (exact) mass is 426 g/mol. The quantitative estimate of drug-likeness (QED) is 0.566. The molecule has 0 atom stereocenters. The van der Waals surface area contributed by atoms with Crippen LogP contribution in [0, 0.1) is 6.92 Å². The molecule has 2 aromatic carbocycles. The minimum absolute atomic E-state index is 0.0933. The van der Waals surface area contributed by atoms with E-state index in [9.17, 15) is 8.42 Å². The summed E-state index contributed by atoms with van der Waals surface area (Å²) in [4.78, 5) is 1.83. The predicted molar refractivity (Wildman–Crippen MR) is 120 cm³/mol. The summed E-state index contributed by atoms with van der Waals surface area (Å²) in [7, 11) is -3.77. The molecule has 0 spiro atoms. The van der Waals surface area contributed by atoms with Gasteiger partial charge in [0.1, 0.15) is 0 Å². The van der Waals surface area contributed by atoms with E-state index < -0.39 is 10.0 Å². The highest BCUT2D eigenvalue weighted by molar-refractivity contribution is 7.90. The van der Waals surface area contributed by atoms with Crippen LogP contribution in [0.4, 0.5) is 0 Å². The fourth-order valence-corrected chi connectivity index (χ4v) is 5.49. The molecule has 0 fully saturated rings. The summed E-state index contributed by atoms with van der Waals surface area (Å²) in [6.07, 6.45) is 4.08. The van der Waals surface area contributed by atoms with Crippen LogP contribution in [0.15, 0.2) is 76.0 Å². The predicted octanol–water partition coefficient (Wildman–Crippen LogP) is 5.16. The summed E-state index contributed by atoms with van der Waals surface area (Å²) in [6, 6.07) is 18.4. The Bertz CT molecular complexity index is 1170. The van der Waals surface area contributed by atoms with Gasteiger partial charge < -0.3 is 4.57 Å². The second-order valence-corrected chi connectivity index (χ2v) is 10.4. The summed E-state index contributed by atoms with van der Waals surface area (Å²) < 4.78 is 31.8. The van der Waals surface area contributed by atoms with E-state index in [1.165, 1.54) is 11.3 Å². The van der Waals surface area contributed by atoms with Crippen molar-refractivity contribution < 1.29 is 8.42 Å². The van der Waals surface area contributed by atoms with Crippen LogP contribution in [-0.2, 0) is 22.0 Å². The van der Waals surface area contributed by atoms with Crippen molar-refractivity contribution in [2.75, 3.05) is 0 Å². The Hall–Kier alpha value is -2.44. The van der Waals surface area contributed by atoms with E-state index >= 15 is 0 Å². The van der Waals surface area contributed by atoms with Gasteiger partial charge in [-0.3, -0.25) is 0 Å². The molecule has 0 radical (unpaired) electrons. The fraction of sp³-hybridized carbons (Fsp3) is 0.261. The first kappa shape index (κ1) is 21.3. The van der Waals surface area contributed by atoms with Crippen molar-refractivity contribution in [2.45, 2.75) is 44.6 Å². The third kappa shape index (κ3) is 5.14. The molecular formula is C23H26N2O2S2. The Labute approximate surface area is 177 Å². The molecule has 0 aliphatic rings. The van der Waals surface area contributed by atoms with Gasteiger partial charge in [-0.1, -0.05) is 81.5 Å². The van der Waals surface area contributed by atoms with Crippen molar-refractivity contribution in [1.82, 2.24) is 4.57 Å². The van der Waals surface area contributed by atoms with Crippen molar-refractivity contribution in [2.24, 2.45) is 4.40 Å². The Morgan fingerprint density at radius 2 is 1.59 bits per heavy atom. The smallest absolute Gasteiger partial charge is 0.285 e. The number of thiazole rings is 1. The van der Waals surface area contributed by atoms with Gasteiger partial charge >= 0.3 is 0 Å². The number of benzene rings is 2. The van der Waals surface area contributed by atoms with Gasteiger partial charge in [-0.2, -0.15) is 8.42 Å². The molecule has 0 saturated heterocycles. The van der Waals surface area contributed by atoms with Crippen LogP contribution >= 0.6 is 11.3 Å². The van der Waals surface area contributed by atoms with Crippen molar-refractivity contribution >= 4 is 27.4 Å². The number of sulfonamides is 1. The minimum atomic E-state index is -3.77. The minimum Gasteiger partial charge on any atom is -0.316 e. The highest BCUT2D eigenvalue weighted by atomic mass is 32.2. The number of hydrogen-bond donors (Lipinski definition) is 0. The van der Waals surface area contributed by atoms with Crippen LogP contribution in [0.3, 0.4) is 0 Å². The molecule has 29 heavy (non-hydrogen) atoms. The van der Waals surface area contributed by atoms with Gasteiger partial charge in [0.25, 0.3) is 10.0 Å². The summed E-state index contributed by atoms with van der Waals surface area (Å²) in [5.74, 6) is 0. The van der Waals surface area contributed by atoms with Gasteiger partial charge in [0.15, 0.2) is 0 Å². The lowest BCUT2D eigenvalue weighted by Gasteiger charge is -2.17. The molecule has 0 amide bonds. The standard InChI is InChI=1S/C23H26N2O2S2/c1-18-21(23(2,3)4)28-22(24-29(26,27)20-15-9-6-10-16-20)25(18)17-11-14-19-12-7-5-8-13-19/h5-16H,17H2,1-4H3/b14-11+,24-22-.